The maximum atomic E-state index is 13.8. The Morgan fingerprint density at radius 2 is 1.68 bits per heavy atom. The van der Waals surface area contributed by atoms with Crippen LogP contribution < -0.4 is 25.0 Å². The minimum absolute atomic E-state index is 0.0649. The van der Waals surface area contributed by atoms with Gasteiger partial charge in [0.15, 0.2) is 0 Å². The Balaban J connectivity index is 1.97. The van der Waals surface area contributed by atoms with E-state index in [0.717, 1.165) is 4.90 Å². The topological polar surface area (TPSA) is 185 Å². The fraction of sp³-hybridized carbons (Fsp3) is 0.321. The Labute approximate surface area is 234 Å². The summed E-state index contributed by atoms with van der Waals surface area (Å²) in [5.74, 6) is -6.27. The molecule has 41 heavy (non-hydrogen) atoms. The third-order valence-corrected chi connectivity index (χ3v) is 6.50. The molecule has 1 heterocycles. The Morgan fingerprint density at radius 1 is 1.05 bits per heavy atom. The number of hydrogen-bond acceptors (Lipinski definition) is 9. The molecule has 2 aromatic carbocycles. The summed E-state index contributed by atoms with van der Waals surface area (Å²) in [5.41, 5.74) is 0.452. The third kappa shape index (κ3) is 6.93. The number of amides is 3. The van der Waals surface area contributed by atoms with Crippen LogP contribution in [0.25, 0.3) is 0 Å². The highest BCUT2D eigenvalue weighted by molar-refractivity contribution is 6.44. The number of Topliss-reactive ketones (excluding diaryl/α,β-unsaturated/α-hetero) is 2. The first-order chi connectivity index (χ1) is 19.5. The predicted molar refractivity (Wildman–Crippen MR) is 143 cm³/mol. The molecular weight excluding hydrogens is 538 g/mol. The monoisotopic (exact) mass is 567 g/mol. The number of nitrogens with one attached hydrogen (secondary N) is 2. The standard InChI is InChI=1S/C28H29N3O10/c1-15(33)18-12-19(30-27(38)26(37)25-21(40-2)9-6-10-22(25)41-3)28(39)31(20-8-5-4-7-17(18)20)13-23(34)29-16(14-32)11-24(35)36/h4-10,14,16,18-19H,11-13H2,1-3H3,(H,29,34)(H,30,38)(H,35,36)/t16-,18?,19-/m0/s1. The summed E-state index contributed by atoms with van der Waals surface area (Å²) in [6.45, 7) is 0.656. The highest BCUT2D eigenvalue weighted by Crippen LogP contribution is 2.36. The van der Waals surface area contributed by atoms with E-state index in [4.69, 9.17) is 14.6 Å². The summed E-state index contributed by atoms with van der Waals surface area (Å²) in [7, 11) is 2.61. The SMILES string of the molecule is COc1cccc(OC)c1C(=O)C(=O)N[C@H]1CC(C(C)=O)c2ccccc2N(CC(=O)N[C@H](C=O)CC(=O)O)C1=O. The highest BCUT2D eigenvalue weighted by atomic mass is 16.5. The number of benzene rings is 2. The number of methoxy groups -OCH3 is 2. The van der Waals surface area contributed by atoms with Crippen molar-refractivity contribution in [2.45, 2.75) is 37.8 Å². The Kier molecular flexibility index (Phi) is 9.90. The zero-order valence-electron chi connectivity index (χ0n) is 22.5. The molecule has 1 unspecified atom stereocenters. The fourth-order valence-corrected chi connectivity index (χ4v) is 4.60. The number of rotatable bonds is 12. The molecule has 0 aliphatic carbocycles. The molecule has 0 aromatic heterocycles. The molecule has 0 saturated carbocycles. The molecule has 3 amide bonds. The van der Waals surface area contributed by atoms with E-state index in [-0.39, 0.29) is 41.2 Å². The lowest BCUT2D eigenvalue weighted by Crippen LogP contribution is -2.53. The number of carboxylic acids is 1. The van der Waals surface area contributed by atoms with Crippen LogP contribution in [0.5, 0.6) is 11.5 Å². The van der Waals surface area contributed by atoms with Crippen LogP contribution >= 0.6 is 0 Å². The van der Waals surface area contributed by atoms with Crippen molar-refractivity contribution in [3.63, 3.8) is 0 Å². The number of aldehydes is 1. The Bertz CT molecular complexity index is 1370. The first-order valence-corrected chi connectivity index (χ1v) is 12.5. The first-order valence-electron chi connectivity index (χ1n) is 12.5. The second-order valence-electron chi connectivity index (χ2n) is 9.18. The van der Waals surface area contributed by atoms with Crippen LogP contribution in [-0.2, 0) is 28.8 Å². The van der Waals surface area contributed by atoms with E-state index in [2.05, 4.69) is 10.6 Å². The molecule has 2 aromatic rings. The van der Waals surface area contributed by atoms with Gasteiger partial charge in [0.1, 0.15) is 41.7 Å². The highest BCUT2D eigenvalue weighted by Gasteiger charge is 2.39. The van der Waals surface area contributed by atoms with Gasteiger partial charge in [0, 0.05) is 11.6 Å². The summed E-state index contributed by atoms with van der Waals surface area (Å²) in [4.78, 5) is 88.9. The molecule has 0 bridgehead atoms. The summed E-state index contributed by atoms with van der Waals surface area (Å²) in [6.07, 6.45) is -0.614. The lowest BCUT2D eigenvalue weighted by atomic mass is 9.89. The number of fused-ring (bicyclic) bond motifs is 1. The number of nitrogens with zero attached hydrogens (tertiary/aromatic N) is 1. The Morgan fingerprint density at radius 3 is 2.24 bits per heavy atom. The summed E-state index contributed by atoms with van der Waals surface area (Å²) >= 11 is 0. The van der Waals surface area contributed by atoms with Crippen LogP contribution in [0.4, 0.5) is 5.69 Å². The van der Waals surface area contributed by atoms with Crippen molar-refractivity contribution in [3.05, 3.63) is 53.6 Å². The van der Waals surface area contributed by atoms with Crippen molar-refractivity contribution < 1.29 is 48.1 Å². The average molecular weight is 568 g/mol. The van der Waals surface area contributed by atoms with Gasteiger partial charge in [-0.25, -0.2) is 0 Å². The predicted octanol–water partition coefficient (Wildman–Crippen LogP) is 0.639. The number of anilines is 1. The molecule has 13 nitrogen and oxygen atoms in total. The van der Waals surface area contributed by atoms with E-state index >= 15 is 0 Å². The minimum atomic E-state index is -1.41. The van der Waals surface area contributed by atoms with Gasteiger partial charge in [-0.1, -0.05) is 24.3 Å². The van der Waals surface area contributed by atoms with Crippen molar-refractivity contribution >= 4 is 47.2 Å². The molecule has 0 spiro atoms. The van der Waals surface area contributed by atoms with Gasteiger partial charge in [-0.05, 0) is 37.1 Å². The third-order valence-electron chi connectivity index (χ3n) is 6.50. The van der Waals surface area contributed by atoms with Crippen molar-refractivity contribution in [1.82, 2.24) is 10.6 Å². The molecule has 3 rings (SSSR count). The molecule has 1 aliphatic rings. The normalized spacial score (nSPS) is 16.9. The maximum Gasteiger partial charge on any atom is 0.305 e. The molecule has 0 fully saturated rings. The first kappa shape index (κ1) is 30.5. The van der Waals surface area contributed by atoms with Gasteiger partial charge >= 0.3 is 5.97 Å². The van der Waals surface area contributed by atoms with Gasteiger partial charge in [0.05, 0.1) is 26.7 Å². The number of aliphatic carboxylic acids is 1. The van der Waals surface area contributed by atoms with Gasteiger partial charge in [-0.3, -0.25) is 28.8 Å². The van der Waals surface area contributed by atoms with Crippen LogP contribution in [0, 0.1) is 0 Å². The fourth-order valence-electron chi connectivity index (χ4n) is 4.60. The van der Waals surface area contributed by atoms with Crippen molar-refractivity contribution in [2.75, 3.05) is 25.7 Å². The molecule has 1 aliphatic heterocycles. The lowest BCUT2D eigenvalue weighted by molar-refractivity contribution is -0.139. The molecular formula is C28H29N3O10. The quantitative estimate of drug-likeness (QED) is 0.187. The van der Waals surface area contributed by atoms with E-state index in [9.17, 15) is 33.6 Å². The molecule has 0 radical (unpaired) electrons. The van der Waals surface area contributed by atoms with Crippen LogP contribution in [0.15, 0.2) is 42.5 Å². The van der Waals surface area contributed by atoms with Crippen molar-refractivity contribution in [3.8, 4) is 11.5 Å². The van der Waals surface area contributed by atoms with Crippen LogP contribution in [0.2, 0.25) is 0 Å². The molecule has 13 heteroatoms. The van der Waals surface area contributed by atoms with Crippen LogP contribution in [-0.4, -0.2) is 79.5 Å². The lowest BCUT2D eigenvalue weighted by Gasteiger charge is -2.26. The van der Waals surface area contributed by atoms with Crippen LogP contribution in [0.1, 0.15) is 41.6 Å². The number of carbonyl (C=O) groups is 7. The van der Waals surface area contributed by atoms with E-state index in [1.165, 1.54) is 39.3 Å². The average Bonchev–Trinajstić information content (AvgIpc) is 3.06. The summed E-state index contributed by atoms with van der Waals surface area (Å²) in [6, 6.07) is 8.07. The summed E-state index contributed by atoms with van der Waals surface area (Å²) in [5, 5.41) is 13.6. The zero-order chi connectivity index (χ0) is 30.3. The number of carboxylic acid groups (broad SMARTS) is 1. The van der Waals surface area contributed by atoms with E-state index < -0.39 is 60.4 Å². The van der Waals surface area contributed by atoms with Crippen LogP contribution in [0.3, 0.4) is 0 Å². The smallest absolute Gasteiger partial charge is 0.305 e. The number of para-hydroxylation sites is 1. The molecule has 0 saturated heterocycles. The van der Waals surface area contributed by atoms with Gasteiger partial charge in [-0.15, -0.1) is 0 Å². The van der Waals surface area contributed by atoms with Gasteiger partial charge in [-0.2, -0.15) is 0 Å². The molecule has 3 N–H and O–H groups in total. The Hall–Kier alpha value is -5.07. The largest absolute Gasteiger partial charge is 0.496 e. The summed E-state index contributed by atoms with van der Waals surface area (Å²) < 4.78 is 10.4. The second-order valence-corrected chi connectivity index (χ2v) is 9.18. The zero-order valence-corrected chi connectivity index (χ0v) is 22.5. The number of ketones is 2. The van der Waals surface area contributed by atoms with E-state index in [0.29, 0.717) is 5.56 Å². The van der Waals surface area contributed by atoms with Crippen molar-refractivity contribution in [1.29, 1.82) is 0 Å². The van der Waals surface area contributed by atoms with Gasteiger partial charge in [0.2, 0.25) is 11.8 Å². The van der Waals surface area contributed by atoms with E-state index in [1.54, 1.807) is 24.3 Å². The van der Waals surface area contributed by atoms with E-state index in [1.807, 2.05) is 0 Å². The van der Waals surface area contributed by atoms with Crippen molar-refractivity contribution in [2.24, 2.45) is 0 Å². The van der Waals surface area contributed by atoms with Gasteiger partial charge in [0.25, 0.3) is 11.7 Å². The number of ether oxygens (including phenoxy) is 2. The molecule has 3 atom stereocenters. The number of carbonyl (C=O) groups excluding carboxylic acids is 6. The molecule has 216 valence electrons. The second kappa shape index (κ2) is 13.3. The number of hydrogen-bond donors (Lipinski definition) is 3. The minimum Gasteiger partial charge on any atom is -0.496 e. The maximum absolute atomic E-state index is 13.8. The van der Waals surface area contributed by atoms with Gasteiger partial charge < -0.3 is 34.9 Å².